The van der Waals surface area contributed by atoms with Gasteiger partial charge in [0, 0.05) is 37.0 Å². The number of benzene rings is 2. The van der Waals surface area contributed by atoms with Crippen LogP contribution in [0.5, 0.6) is 5.75 Å². The molecule has 134 valence electrons. The first-order valence-corrected chi connectivity index (χ1v) is 9.80. The van der Waals surface area contributed by atoms with Crippen LogP contribution in [-0.4, -0.2) is 29.0 Å². The molecule has 1 fully saturated rings. The Bertz CT molecular complexity index is 822. The van der Waals surface area contributed by atoms with Crippen molar-refractivity contribution in [1.82, 2.24) is 9.88 Å². The van der Waals surface area contributed by atoms with Gasteiger partial charge in [-0.15, -0.1) is 11.3 Å². The highest BCUT2D eigenvalue weighted by Gasteiger charge is 2.31. The van der Waals surface area contributed by atoms with Crippen molar-refractivity contribution in [1.29, 1.82) is 0 Å². The fourth-order valence-electron chi connectivity index (χ4n) is 3.47. The molecule has 1 aliphatic heterocycles. The number of hydrogen-bond donors (Lipinski definition) is 1. The number of likely N-dealkylation sites (tertiary alicyclic amines) is 1. The van der Waals surface area contributed by atoms with Crippen molar-refractivity contribution < 1.29 is 4.74 Å². The maximum Gasteiger partial charge on any atom is 0.140 e. The van der Waals surface area contributed by atoms with Gasteiger partial charge >= 0.3 is 0 Å². The number of nitrogens with zero attached hydrogens (tertiary/aromatic N) is 2. The lowest BCUT2D eigenvalue weighted by molar-refractivity contribution is 0.302. The molecule has 3 aromatic rings. The molecule has 0 radical (unpaired) electrons. The van der Waals surface area contributed by atoms with Crippen LogP contribution in [0.25, 0.3) is 0 Å². The third kappa shape index (κ3) is 4.12. The molecular formula is C21H23N3OS. The summed E-state index contributed by atoms with van der Waals surface area (Å²) in [5.41, 5.74) is 8.82. The number of ether oxygens (including phenoxy) is 1. The van der Waals surface area contributed by atoms with Crippen molar-refractivity contribution in [3.05, 3.63) is 82.3 Å². The zero-order chi connectivity index (χ0) is 17.8. The number of aromatic nitrogens is 1. The smallest absolute Gasteiger partial charge is 0.140 e. The Morgan fingerprint density at radius 3 is 2.54 bits per heavy atom. The third-order valence-electron chi connectivity index (χ3n) is 4.76. The van der Waals surface area contributed by atoms with E-state index in [4.69, 9.17) is 15.5 Å². The Balaban J connectivity index is 1.33. The maximum atomic E-state index is 6.39. The molecule has 0 bridgehead atoms. The molecule has 4 nitrogen and oxygen atoms in total. The van der Waals surface area contributed by atoms with Gasteiger partial charge in [-0.3, -0.25) is 4.90 Å². The molecule has 0 aliphatic carbocycles. The van der Waals surface area contributed by atoms with Crippen LogP contribution >= 0.6 is 11.3 Å². The molecule has 1 aliphatic rings. The topological polar surface area (TPSA) is 51.4 Å². The van der Waals surface area contributed by atoms with E-state index in [1.807, 2.05) is 30.3 Å². The first kappa shape index (κ1) is 17.2. The van der Waals surface area contributed by atoms with Crippen LogP contribution in [0.1, 0.15) is 22.2 Å². The summed E-state index contributed by atoms with van der Waals surface area (Å²) in [4.78, 5) is 7.12. The molecule has 0 amide bonds. The van der Waals surface area contributed by atoms with Crippen molar-refractivity contribution in [3.8, 4) is 5.75 Å². The molecule has 2 N–H and O–H groups in total. The quantitative estimate of drug-likeness (QED) is 0.724. The summed E-state index contributed by atoms with van der Waals surface area (Å²) in [7, 11) is 0. The SMILES string of the molecule is N[C@@H]1CN(Cc2csc(COc3ccccc3)n2)C[C@H]1c1ccccc1. The predicted molar refractivity (Wildman–Crippen MR) is 105 cm³/mol. The second-order valence-corrected chi connectivity index (χ2v) is 7.65. The molecule has 0 unspecified atom stereocenters. The average Bonchev–Trinajstić information content (AvgIpc) is 3.28. The lowest BCUT2D eigenvalue weighted by atomic mass is 9.95. The molecule has 26 heavy (non-hydrogen) atoms. The van der Waals surface area contributed by atoms with E-state index < -0.39 is 0 Å². The van der Waals surface area contributed by atoms with E-state index in [-0.39, 0.29) is 6.04 Å². The van der Waals surface area contributed by atoms with Crippen LogP contribution < -0.4 is 10.5 Å². The lowest BCUT2D eigenvalue weighted by Gasteiger charge is -2.15. The zero-order valence-electron chi connectivity index (χ0n) is 14.6. The van der Waals surface area contributed by atoms with Gasteiger partial charge in [0.05, 0.1) is 5.69 Å². The zero-order valence-corrected chi connectivity index (χ0v) is 15.4. The minimum absolute atomic E-state index is 0.178. The minimum Gasteiger partial charge on any atom is -0.486 e. The van der Waals surface area contributed by atoms with E-state index in [0.29, 0.717) is 12.5 Å². The van der Waals surface area contributed by atoms with Crippen molar-refractivity contribution in [2.45, 2.75) is 25.1 Å². The fourth-order valence-corrected chi connectivity index (χ4v) is 4.17. The molecule has 5 heteroatoms. The van der Waals surface area contributed by atoms with Crippen LogP contribution in [0, 0.1) is 0 Å². The largest absolute Gasteiger partial charge is 0.486 e. The van der Waals surface area contributed by atoms with E-state index >= 15 is 0 Å². The van der Waals surface area contributed by atoms with Gasteiger partial charge < -0.3 is 10.5 Å². The van der Waals surface area contributed by atoms with Crippen LogP contribution in [0.4, 0.5) is 0 Å². The summed E-state index contributed by atoms with van der Waals surface area (Å²) in [6.07, 6.45) is 0. The Morgan fingerprint density at radius 2 is 1.77 bits per heavy atom. The van der Waals surface area contributed by atoms with Crippen molar-refractivity contribution >= 4 is 11.3 Å². The van der Waals surface area contributed by atoms with Gasteiger partial charge in [0.2, 0.25) is 0 Å². The molecule has 0 saturated carbocycles. The Hall–Kier alpha value is -2.21. The first-order valence-electron chi connectivity index (χ1n) is 8.92. The molecule has 4 rings (SSSR count). The molecule has 2 aromatic carbocycles. The first-order chi connectivity index (χ1) is 12.8. The standard InChI is InChI=1S/C21H23N3OS/c22-20-13-24(12-19(20)16-7-3-1-4-8-16)11-17-15-26-21(23-17)14-25-18-9-5-2-6-10-18/h1-10,15,19-20H,11-14,22H2/t19-,20+/m0/s1. The van der Waals surface area contributed by atoms with E-state index in [1.54, 1.807) is 11.3 Å². The van der Waals surface area contributed by atoms with Crippen LogP contribution in [0.2, 0.25) is 0 Å². The Labute approximate surface area is 158 Å². The average molecular weight is 366 g/mol. The predicted octanol–water partition coefficient (Wildman–Crippen LogP) is 3.65. The normalized spacial score (nSPS) is 20.3. The van der Waals surface area contributed by atoms with Gasteiger partial charge in [-0.05, 0) is 17.7 Å². The minimum atomic E-state index is 0.178. The van der Waals surface area contributed by atoms with Crippen molar-refractivity contribution in [2.75, 3.05) is 13.1 Å². The van der Waals surface area contributed by atoms with Crippen LogP contribution in [-0.2, 0) is 13.2 Å². The summed E-state index contributed by atoms with van der Waals surface area (Å²) in [6.45, 7) is 3.26. The second kappa shape index (κ2) is 7.99. The number of rotatable bonds is 6. The van der Waals surface area contributed by atoms with Gasteiger partial charge in [-0.25, -0.2) is 4.98 Å². The van der Waals surface area contributed by atoms with E-state index in [2.05, 4.69) is 40.6 Å². The summed E-state index contributed by atoms with van der Waals surface area (Å²) >= 11 is 1.66. The van der Waals surface area contributed by atoms with Gasteiger partial charge in [-0.1, -0.05) is 48.5 Å². The number of hydrogen-bond acceptors (Lipinski definition) is 5. The summed E-state index contributed by atoms with van der Waals surface area (Å²) < 4.78 is 5.78. The van der Waals surface area contributed by atoms with E-state index in [1.165, 1.54) is 5.56 Å². The monoisotopic (exact) mass is 365 g/mol. The lowest BCUT2D eigenvalue weighted by Crippen LogP contribution is -2.28. The van der Waals surface area contributed by atoms with Crippen molar-refractivity contribution in [3.63, 3.8) is 0 Å². The van der Waals surface area contributed by atoms with E-state index in [0.717, 1.165) is 36.1 Å². The van der Waals surface area contributed by atoms with Crippen LogP contribution in [0.3, 0.4) is 0 Å². The second-order valence-electron chi connectivity index (χ2n) is 6.71. The highest BCUT2D eigenvalue weighted by atomic mass is 32.1. The molecule has 1 aromatic heterocycles. The Kier molecular flexibility index (Phi) is 5.29. The molecular weight excluding hydrogens is 342 g/mol. The van der Waals surface area contributed by atoms with Crippen molar-refractivity contribution in [2.24, 2.45) is 5.73 Å². The third-order valence-corrected chi connectivity index (χ3v) is 5.63. The van der Waals surface area contributed by atoms with Gasteiger partial charge in [-0.2, -0.15) is 0 Å². The molecule has 2 atom stereocenters. The fraction of sp³-hybridized carbons (Fsp3) is 0.286. The van der Waals surface area contributed by atoms with Gasteiger partial charge in [0.15, 0.2) is 0 Å². The summed E-state index contributed by atoms with van der Waals surface area (Å²) in [5, 5.41) is 3.14. The van der Waals surface area contributed by atoms with Gasteiger partial charge in [0.1, 0.15) is 17.4 Å². The van der Waals surface area contributed by atoms with Crippen LogP contribution in [0.15, 0.2) is 66.0 Å². The summed E-state index contributed by atoms with van der Waals surface area (Å²) in [5.74, 6) is 1.27. The molecule has 0 spiro atoms. The number of para-hydroxylation sites is 1. The summed E-state index contributed by atoms with van der Waals surface area (Å²) in [6, 6.07) is 20.6. The Morgan fingerprint density at radius 1 is 1.04 bits per heavy atom. The highest BCUT2D eigenvalue weighted by molar-refractivity contribution is 7.09. The van der Waals surface area contributed by atoms with E-state index in [9.17, 15) is 0 Å². The molecule has 2 heterocycles. The number of thiazole rings is 1. The highest BCUT2D eigenvalue weighted by Crippen LogP contribution is 2.27. The number of nitrogens with two attached hydrogens (primary N) is 1. The maximum absolute atomic E-state index is 6.39. The molecule has 1 saturated heterocycles. The van der Waals surface area contributed by atoms with Gasteiger partial charge in [0.25, 0.3) is 0 Å².